The Morgan fingerprint density at radius 2 is 2.06 bits per heavy atom. The summed E-state index contributed by atoms with van der Waals surface area (Å²) in [6.07, 6.45) is 0. The molecule has 18 heavy (non-hydrogen) atoms. The van der Waals surface area contributed by atoms with E-state index in [4.69, 9.17) is 4.52 Å². The van der Waals surface area contributed by atoms with Crippen LogP contribution in [-0.4, -0.2) is 20.4 Å². The lowest BCUT2D eigenvalue weighted by atomic mass is 10.2. The maximum absolute atomic E-state index is 9.70. The summed E-state index contributed by atoms with van der Waals surface area (Å²) in [6.45, 7) is 0. The van der Waals surface area contributed by atoms with Gasteiger partial charge in [0, 0.05) is 6.07 Å². The number of hydrogen-bond acceptors (Lipinski definition) is 6. The van der Waals surface area contributed by atoms with E-state index in [9.17, 15) is 10.2 Å². The van der Waals surface area contributed by atoms with E-state index in [1.165, 1.54) is 29.5 Å². The lowest BCUT2D eigenvalue weighted by molar-refractivity contribution is 0.423. The fraction of sp³-hybridized carbons (Fsp3) is 0. The zero-order valence-electron chi connectivity index (χ0n) is 9.07. The second-order valence-electron chi connectivity index (χ2n) is 3.60. The van der Waals surface area contributed by atoms with E-state index in [2.05, 4.69) is 10.1 Å². The van der Waals surface area contributed by atoms with Crippen LogP contribution < -0.4 is 0 Å². The second-order valence-corrected chi connectivity index (χ2v) is 4.55. The van der Waals surface area contributed by atoms with Crippen molar-refractivity contribution in [3.8, 4) is 33.7 Å². The van der Waals surface area contributed by atoms with E-state index in [1.807, 2.05) is 17.5 Å². The first kappa shape index (κ1) is 10.8. The van der Waals surface area contributed by atoms with Gasteiger partial charge in [-0.3, -0.25) is 0 Å². The molecule has 1 aromatic carbocycles. The number of phenols is 2. The highest BCUT2D eigenvalue weighted by atomic mass is 32.1. The van der Waals surface area contributed by atoms with Gasteiger partial charge in [0.25, 0.3) is 5.89 Å². The number of nitrogens with zero attached hydrogens (tertiary/aromatic N) is 2. The molecule has 6 heteroatoms. The molecule has 0 aliphatic carbocycles. The minimum atomic E-state index is -0.101. The zero-order valence-corrected chi connectivity index (χ0v) is 9.89. The van der Waals surface area contributed by atoms with E-state index in [0.717, 1.165) is 4.88 Å². The summed E-state index contributed by atoms with van der Waals surface area (Å²) >= 11 is 1.50. The molecule has 0 unspecified atom stereocenters. The lowest BCUT2D eigenvalue weighted by Gasteiger charge is -1.98. The lowest BCUT2D eigenvalue weighted by Crippen LogP contribution is -1.79. The molecule has 0 bridgehead atoms. The third-order valence-corrected chi connectivity index (χ3v) is 3.25. The van der Waals surface area contributed by atoms with Gasteiger partial charge >= 0.3 is 0 Å². The van der Waals surface area contributed by atoms with E-state index >= 15 is 0 Å². The number of phenolic OH excluding ortho intramolecular Hbond substituents is 2. The van der Waals surface area contributed by atoms with Crippen molar-refractivity contribution in [1.82, 2.24) is 10.1 Å². The third kappa shape index (κ3) is 1.82. The Balaban J connectivity index is 2.03. The SMILES string of the molecule is Oc1ccc(-c2nc(-c3cccs3)no2)c(O)c1. The molecule has 90 valence electrons. The maximum atomic E-state index is 9.70. The van der Waals surface area contributed by atoms with Crippen molar-refractivity contribution in [1.29, 1.82) is 0 Å². The van der Waals surface area contributed by atoms with Crippen molar-refractivity contribution in [2.45, 2.75) is 0 Å². The van der Waals surface area contributed by atoms with Gasteiger partial charge in [-0.25, -0.2) is 0 Å². The fourth-order valence-electron chi connectivity index (χ4n) is 1.54. The number of rotatable bonds is 2. The Labute approximate surface area is 106 Å². The summed E-state index contributed by atoms with van der Waals surface area (Å²) in [6, 6.07) is 7.98. The Hall–Kier alpha value is -2.34. The van der Waals surface area contributed by atoms with Gasteiger partial charge in [0.2, 0.25) is 5.82 Å². The zero-order chi connectivity index (χ0) is 12.5. The van der Waals surface area contributed by atoms with Crippen LogP contribution in [0.1, 0.15) is 0 Å². The van der Waals surface area contributed by atoms with Crippen LogP contribution in [0.25, 0.3) is 22.2 Å². The monoisotopic (exact) mass is 260 g/mol. The fourth-order valence-corrected chi connectivity index (χ4v) is 2.19. The summed E-state index contributed by atoms with van der Waals surface area (Å²) in [5, 5.41) is 24.7. The average Bonchev–Trinajstić information content (AvgIpc) is 2.99. The van der Waals surface area contributed by atoms with Crippen LogP contribution in [0.2, 0.25) is 0 Å². The van der Waals surface area contributed by atoms with E-state index < -0.39 is 0 Å². The van der Waals surface area contributed by atoms with Crippen molar-refractivity contribution in [2.24, 2.45) is 0 Å². The highest BCUT2D eigenvalue weighted by Crippen LogP contribution is 2.32. The van der Waals surface area contributed by atoms with Gasteiger partial charge in [0.15, 0.2) is 0 Å². The van der Waals surface area contributed by atoms with Crippen molar-refractivity contribution in [3.63, 3.8) is 0 Å². The smallest absolute Gasteiger partial charge is 0.262 e. The van der Waals surface area contributed by atoms with Crippen LogP contribution in [0.3, 0.4) is 0 Å². The van der Waals surface area contributed by atoms with Crippen LogP contribution in [0, 0.1) is 0 Å². The molecule has 0 atom stereocenters. The van der Waals surface area contributed by atoms with Gasteiger partial charge < -0.3 is 14.7 Å². The number of aromatic hydroxyl groups is 2. The molecule has 0 fully saturated rings. The number of hydrogen-bond donors (Lipinski definition) is 2. The first-order chi connectivity index (χ1) is 8.74. The molecule has 3 aromatic rings. The molecule has 3 rings (SSSR count). The van der Waals surface area contributed by atoms with Crippen molar-refractivity contribution >= 4 is 11.3 Å². The van der Waals surface area contributed by atoms with Crippen molar-refractivity contribution in [2.75, 3.05) is 0 Å². The minimum Gasteiger partial charge on any atom is -0.508 e. The minimum absolute atomic E-state index is 0.0192. The Morgan fingerprint density at radius 3 is 2.78 bits per heavy atom. The molecule has 0 aliphatic rings. The van der Waals surface area contributed by atoms with Crippen LogP contribution in [0.5, 0.6) is 11.5 Å². The molecule has 2 aromatic heterocycles. The summed E-state index contributed by atoms with van der Waals surface area (Å²) in [5.74, 6) is 0.578. The molecule has 2 heterocycles. The molecular formula is C12H8N2O3S. The molecule has 0 saturated carbocycles. The predicted octanol–water partition coefficient (Wildman–Crippen LogP) is 2.88. The molecule has 0 amide bonds. The highest BCUT2D eigenvalue weighted by molar-refractivity contribution is 7.13. The number of aromatic nitrogens is 2. The molecule has 0 radical (unpaired) electrons. The van der Waals surface area contributed by atoms with Crippen molar-refractivity contribution in [3.05, 3.63) is 35.7 Å². The predicted molar refractivity (Wildman–Crippen MR) is 66.4 cm³/mol. The Kier molecular flexibility index (Phi) is 2.49. The van der Waals surface area contributed by atoms with Gasteiger partial charge in [-0.2, -0.15) is 4.98 Å². The van der Waals surface area contributed by atoms with E-state index in [-0.39, 0.29) is 17.4 Å². The van der Waals surface area contributed by atoms with Crippen LogP contribution in [-0.2, 0) is 0 Å². The summed E-state index contributed by atoms with van der Waals surface area (Å²) < 4.78 is 5.10. The average molecular weight is 260 g/mol. The van der Waals surface area contributed by atoms with Gasteiger partial charge in [-0.1, -0.05) is 11.2 Å². The highest BCUT2D eigenvalue weighted by Gasteiger charge is 2.14. The van der Waals surface area contributed by atoms with Crippen LogP contribution >= 0.6 is 11.3 Å². The Morgan fingerprint density at radius 1 is 1.17 bits per heavy atom. The number of benzene rings is 1. The first-order valence-corrected chi connectivity index (χ1v) is 6.02. The molecule has 5 nitrogen and oxygen atoms in total. The van der Waals surface area contributed by atoms with Gasteiger partial charge in [0.1, 0.15) is 11.5 Å². The summed E-state index contributed by atoms with van der Waals surface area (Å²) in [4.78, 5) is 5.10. The van der Waals surface area contributed by atoms with Gasteiger partial charge in [-0.05, 0) is 23.6 Å². The molecular weight excluding hydrogens is 252 g/mol. The Bertz CT molecular complexity index is 676. The standard InChI is InChI=1S/C12H8N2O3S/c15-7-3-4-8(9(16)6-7)12-13-11(14-17-12)10-2-1-5-18-10/h1-6,15-16H. The van der Waals surface area contributed by atoms with Gasteiger partial charge in [-0.15, -0.1) is 11.3 Å². The largest absolute Gasteiger partial charge is 0.508 e. The van der Waals surface area contributed by atoms with Crippen LogP contribution in [0.4, 0.5) is 0 Å². The molecule has 0 saturated heterocycles. The maximum Gasteiger partial charge on any atom is 0.262 e. The topological polar surface area (TPSA) is 79.4 Å². The van der Waals surface area contributed by atoms with Crippen molar-refractivity contribution < 1.29 is 14.7 Å². The van der Waals surface area contributed by atoms with E-state index in [1.54, 1.807) is 0 Å². The van der Waals surface area contributed by atoms with E-state index in [0.29, 0.717) is 11.4 Å². The molecule has 0 aliphatic heterocycles. The van der Waals surface area contributed by atoms with Crippen LogP contribution in [0.15, 0.2) is 40.2 Å². The quantitative estimate of drug-likeness (QED) is 0.740. The normalized spacial score (nSPS) is 10.7. The van der Waals surface area contributed by atoms with Gasteiger partial charge in [0.05, 0.1) is 10.4 Å². The summed E-state index contributed by atoms with van der Waals surface area (Å²) in [7, 11) is 0. The second kappa shape index (κ2) is 4.15. The third-order valence-electron chi connectivity index (χ3n) is 2.38. The number of thiophene rings is 1. The summed E-state index contributed by atoms with van der Waals surface area (Å²) in [5.41, 5.74) is 0.392. The molecule has 0 spiro atoms. The molecule has 2 N–H and O–H groups in total. The first-order valence-electron chi connectivity index (χ1n) is 5.14.